The van der Waals surface area contributed by atoms with Crippen molar-refractivity contribution in [2.75, 3.05) is 0 Å². The molecule has 2 rings (SSSR count). The molecule has 1 atom stereocenters. The van der Waals surface area contributed by atoms with E-state index in [-0.39, 0.29) is 17.2 Å². The lowest BCUT2D eigenvalue weighted by atomic mass is 10.2. The van der Waals surface area contributed by atoms with E-state index in [0.717, 1.165) is 15.6 Å². The number of rotatable bonds is 4. The maximum Gasteiger partial charge on any atom is 0.287 e. The number of aromatic nitrogens is 1. The molecule has 2 heterocycles. The highest BCUT2D eigenvalue weighted by Crippen LogP contribution is 2.25. The van der Waals surface area contributed by atoms with Crippen LogP contribution in [0.4, 0.5) is 0 Å². The van der Waals surface area contributed by atoms with E-state index in [1.807, 2.05) is 20.8 Å². The second kappa shape index (κ2) is 6.22. The summed E-state index contributed by atoms with van der Waals surface area (Å²) in [6.45, 7) is 7.57. The number of carbonyl (C=O) groups excluding carboxylic acids is 1. The Labute approximate surface area is 127 Å². The molecule has 0 aliphatic carbocycles. The summed E-state index contributed by atoms with van der Waals surface area (Å²) in [7, 11) is 0. The van der Waals surface area contributed by atoms with Gasteiger partial charge in [0.25, 0.3) is 5.91 Å². The first-order chi connectivity index (χ1) is 9.90. The monoisotopic (exact) mass is 306 g/mol. The van der Waals surface area contributed by atoms with Crippen LogP contribution in [0.5, 0.6) is 0 Å². The van der Waals surface area contributed by atoms with Gasteiger partial charge < -0.3 is 9.73 Å². The number of nitrogens with one attached hydrogen (secondary N) is 1. The van der Waals surface area contributed by atoms with Gasteiger partial charge in [0, 0.05) is 17.0 Å². The first-order valence-corrected chi connectivity index (χ1v) is 7.59. The zero-order valence-corrected chi connectivity index (χ0v) is 13.3. The van der Waals surface area contributed by atoms with Crippen molar-refractivity contribution in [1.29, 1.82) is 0 Å². The van der Waals surface area contributed by atoms with Crippen molar-refractivity contribution in [3.63, 3.8) is 0 Å². The summed E-state index contributed by atoms with van der Waals surface area (Å²) < 4.78 is 5.30. The van der Waals surface area contributed by atoms with Gasteiger partial charge in [-0.2, -0.15) is 0 Å². The lowest BCUT2D eigenvalue weighted by Crippen LogP contribution is -2.28. The highest BCUT2D eigenvalue weighted by molar-refractivity contribution is 7.11. The van der Waals surface area contributed by atoms with Crippen LogP contribution < -0.4 is 10.7 Å². The fourth-order valence-electron chi connectivity index (χ4n) is 1.93. The molecule has 0 saturated heterocycles. The Morgan fingerprint density at radius 2 is 2.10 bits per heavy atom. The molecule has 0 unspecified atom stereocenters. The highest BCUT2D eigenvalue weighted by atomic mass is 32.1. The molecule has 0 aliphatic heterocycles. The Morgan fingerprint density at radius 1 is 1.38 bits per heavy atom. The SMILES string of the molecule is CC[C@@H](NC(=O)c1cc(=O)cc(C)o1)c1nc(C)c(C)s1. The Morgan fingerprint density at radius 3 is 2.62 bits per heavy atom. The molecular weight excluding hydrogens is 288 g/mol. The number of amides is 1. The maximum absolute atomic E-state index is 12.2. The molecule has 0 fully saturated rings. The van der Waals surface area contributed by atoms with E-state index in [2.05, 4.69) is 10.3 Å². The Kier molecular flexibility index (Phi) is 4.57. The maximum atomic E-state index is 12.2. The highest BCUT2D eigenvalue weighted by Gasteiger charge is 2.19. The van der Waals surface area contributed by atoms with Gasteiger partial charge >= 0.3 is 0 Å². The van der Waals surface area contributed by atoms with Gasteiger partial charge in [-0.3, -0.25) is 9.59 Å². The first kappa shape index (κ1) is 15.4. The number of carbonyl (C=O) groups is 1. The van der Waals surface area contributed by atoms with Crippen molar-refractivity contribution >= 4 is 17.2 Å². The van der Waals surface area contributed by atoms with Crippen molar-refractivity contribution in [1.82, 2.24) is 10.3 Å². The van der Waals surface area contributed by atoms with Gasteiger partial charge in [-0.05, 0) is 27.2 Å². The standard InChI is InChI=1S/C15H18N2O3S/c1-5-12(15-16-9(3)10(4)21-15)17-14(19)13-7-11(18)6-8(2)20-13/h6-7,12H,5H2,1-4H3,(H,17,19)/t12-/m1/s1. The normalized spacial score (nSPS) is 12.2. The molecular formula is C15H18N2O3S. The molecule has 1 N–H and O–H groups in total. The number of thiazole rings is 1. The van der Waals surface area contributed by atoms with Gasteiger partial charge in [0.05, 0.1) is 11.7 Å². The van der Waals surface area contributed by atoms with Gasteiger partial charge in [-0.25, -0.2) is 4.98 Å². The van der Waals surface area contributed by atoms with Crippen LogP contribution >= 0.6 is 11.3 Å². The Hall–Kier alpha value is -1.95. The van der Waals surface area contributed by atoms with E-state index in [0.29, 0.717) is 12.2 Å². The fourth-order valence-corrected chi connectivity index (χ4v) is 2.99. The van der Waals surface area contributed by atoms with Crippen molar-refractivity contribution < 1.29 is 9.21 Å². The molecule has 0 radical (unpaired) electrons. The van der Waals surface area contributed by atoms with Gasteiger partial charge in [0.15, 0.2) is 11.2 Å². The molecule has 5 nitrogen and oxygen atoms in total. The molecule has 0 spiro atoms. The van der Waals surface area contributed by atoms with Gasteiger partial charge in [-0.1, -0.05) is 6.92 Å². The van der Waals surface area contributed by atoms with Crippen molar-refractivity contribution in [2.24, 2.45) is 0 Å². The van der Waals surface area contributed by atoms with Crippen molar-refractivity contribution in [3.05, 3.63) is 49.5 Å². The van der Waals surface area contributed by atoms with E-state index in [1.165, 1.54) is 12.1 Å². The third-order valence-electron chi connectivity index (χ3n) is 3.17. The predicted molar refractivity (Wildman–Crippen MR) is 81.8 cm³/mol. The summed E-state index contributed by atoms with van der Waals surface area (Å²) in [5, 5.41) is 3.74. The van der Waals surface area contributed by atoms with Crippen LogP contribution in [0.15, 0.2) is 21.3 Å². The van der Waals surface area contributed by atoms with Crippen LogP contribution in [0.2, 0.25) is 0 Å². The second-order valence-corrected chi connectivity index (χ2v) is 6.13. The number of hydrogen-bond acceptors (Lipinski definition) is 5. The van der Waals surface area contributed by atoms with E-state index >= 15 is 0 Å². The fraction of sp³-hybridized carbons (Fsp3) is 0.400. The number of nitrogens with zero attached hydrogens (tertiary/aromatic N) is 1. The molecule has 0 aliphatic rings. The van der Waals surface area contributed by atoms with Crippen LogP contribution in [0.3, 0.4) is 0 Å². The zero-order valence-electron chi connectivity index (χ0n) is 12.5. The minimum atomic E-state index is -0.395. The minimum Gasteiger partial charge on any atom is -0.456 e. The first-order valence-electron chi connectivity index (χ1n) is 6.77. The van der Waals surface area contributed by atoms with Crippen LogP contribution in [0.25, 0.3) is 0 Å². The van der Waals surface area contributed by atoms with Crippen molar-refractivity contribution in [3.8, 4) is 0 Å². The molecule has 0 aromatic carbocycles. The summed E-state index contributed by atoms with van der Waals surface area (Å²) in [4.78, 5) is 29.3. The van der Waals surface area contributed by atoms with Crippen molar-refractivity contribution in [2.45, 2.75) is 40.2 Å². The van der Waals surface area contributed by atoms with Crippen LogP contribution in [-0.2, 0) is 0 Å². The molecule has 21 heavy (non-hydrogen) atoms. The molecule has 0 saturated carbocycles. The summed E-state index contributed by atoms with van der Waals surface area (Å²) in [5.74, 6) is 0.0539. The lowest BCUT2D eigenvalue weighted by molar-refractivity contribution is 0.0903. The lowest BCUT2D eigenvalue weighted by Gasteiger charge is -2.14. The smallest absolute Gasteiger partial charge is 0.287 e. The summed E-state index contributed by atoms with van der Waals surface area (Å²) in [6.07, 6.45) is 0.716. The third-order valence-corrected chi connectivity index (χ3v) is 4.36. The van der Waals surface area contributed by atoms with E-state index in [1.54, 1.807) is 18.3 Å². The molecule has 0 bridgehead atoms. The molecule has 2 aromatic rings. The molecule has 6 heteroatoms. The quantitative estimate of drug-likeness (QED) is 0.942. The Balaban J connectivity index is 2.21. The largest absolute Gasteiger partial charge is 0.456 e. The van der Waals surface area contributed by atoms with Crippen LogP contribution in [0.1, 0.15) is 51.3 Å². The summed E-state index contributed by atoms with van der Waals surface area (Å²) in [5.41, 5.74) is 0.739. The summed E-state index contributed by atoms with van der Waals surface area (Å²) in [6, 6.07) is 2.37. The number of aryl methyl sites for hydroxylation is 3. The van der Waals surface area contributed by atoms with Crippen LogP contribution in [-0.4, -0.2) is 10.9 Å². The topological polar surface area (TPSA) is 72.2 Å². The van der Waals surface area contributed by atoms with E-state index < -0.39 is 5.91 Å². The predicted octanol–water partition coefficient (Wildman–Crippen LogP) is 2.90. The summed E-state index contributed by atoms with van der Waals surface area (Å²) >= 11 is 1.57. The van der Waals surface area contributed by atoms with Gasteiger partial charge in [0.2, 0.25) is 0 Å². The Bertz CT molecular complexity index is 698. The van der Waals surface area contributed by atoms with Gasteiger partial charge in [0.1, 0.15) is 10.8 Å². The average Bonchev–Trinajstić information content (AvgIpc) is 2.74. The second-order valence-electron chi connectivity index (χ2n) is 4.90. The molecule has 112 valence electrons. The number of hydrogen-bond donors (Lipinski definition) is 1. The average molecular weight is 306 g/mol. The van der Waals surface area contributed by atoms with Crippen LogP contribution in [0, 0.1) is 20.8 Å². The van der Waals surface area contributed by atoms with Gasteiger partial charge in [-0.15, -0.1) is 11.3 Å². The molecule has 1 amide bonds. The van der Waals surface area contributed by atoms with E-state index in [4.69, 9.17) is 4.42 Å². The zero-order chi connectivity index (χ0) is 15.6. The third kappa shape index (κ3) is 3.58. The van der Waals surface area contributed by atoms with E-state index in [9.17, 15) is 9.59 Å². The molecule has 2 aromatic heterocycles. The minimum absolute atomic E-state index is 0.0310.